The van der Waals surface area contributed by atoms with Crippen molar-refractivity contribution >= 4 is 17.4 Å². The summed E-state index contributed by atoms with van der Waals surface area (Å²) in [4.78, 5) is 0. The molecule has 0 amide bonds. The van der Waals surface area contributed by atoms with Crippen LogP contribution >= 0.6 is 11.6 Å². The quantitative estimate of drug-likeness (QED) is 0.583. The second kappa shape index (κ2) is 6.81. The first-order valence-electron chi connectivity index (χ1n) is 6.89. The molecule has 4 N–H and O–H groups in total. The van der Waals surface area contributed by atoms with E-state index in [-0.39, 0.29) is 12.4 Å². The highest BCUT2D eigenvalue weighted by Gasteiger charge is 2.19. The maximum absolute atomic E-state index is 10.1. The van der Waals surface area contributed by atoms with Gasteiger partial charge in [0.15, 0.2) is 0 Å². The number of nitrogens with two attached hydrogens (primary N) is 1. The minimum Gasteiger partial charge on any atom is -0.489 e. The second-order valence-corrected chi connectivity index (χ2v) is 5.64. The average molecular weight is 319 g/mol. The molecule has 0 aromatic heterocycles. The molecule has 0 saturated carbocycles. The van der Waals surface area contributed by atoms with E-state index in [1.807, 2.05) is 32.0 Å². The fourth-order valence-corrected chi connectivity index (χ4v) is 2.49. The Morgan fingerprint density at radius 2 is 2.05 bits per heavy atom. The predicted octanol–water partition coefficient (Wildman–Crippen LogP) is 3.51. The van der Waals surface area contributed by atoms with Crippen molar-refractivity contribution in [2.24, 2.45) is 5.73 Å². The standard InChI is InChI=1S/C17H19ClN2O2/c1-10-6-7-11(2)14(8-10)22-9-12-4-3-5-13(18)15(12)16(21)17(19)20/h3-8,16,21H,9H2,1-2H3,(H3,19,20). The Morgan fingerprint density at radius 1 is 1.32 bits per heavy atom. The largest absolute Gasteiger partial charge is 0.489 e. The fourth-order valence-electron chi connectivity index (χ4n) is 2.19. The van der Waals surface area contributed by atoms with Crippen molar-refractivity contribution in [3.05, 3.63) is 63.7 Å². The van der Waals surface area contributed by atoms with Gasteiger partial charge in [0.25, 0.3) is 0 Å². The Balaban J connectivity index is 2.28. The number of aliphatic hydroxyl groups is 1. The van der Waals surface area contributed by atoms with E-state index in [1.54, 1.807) is 18.2 Å². The summed E-state index contributed by atoms with van der Waals surface area (Å²) in [6.07, 6.45) is -1.23. The van der Waals surface area contributed by atoms with Crippen molar-refractivity contribution in [1.82, 2.24) is 0 Å². The molecular formula is C17H19ClN2O2. The van der Waals surface area contributed by atoms with Crippen molar-refractivity contribution in [2.75, 3.05) is 0 Å². The molecular weight excluding hydrogens is 300 g/mol. The van der Waals surface area contributed by atoms with Crippen molar-refractivity contribution in [1.29, 1.82) is 5.41 Å². The van der Waals surface area contributed by atoms with E-state index in [2.05, 4.69) is 0 Å². The number of halogens is 1. The van der Waals surface area contributed by atoms with Gasteiger partial charge in [-0.3, -0.25) is 5.41 Å². The van der Waals surface area contributed by atoms with Gasteiger partial charge in [0, 0.05) is 10.6 Å². The number of rotatable bonds is 5. The number of aliphatic hydroxyl groups excluding tert-OH is 1. The molecule has 2 aromatic rings. The summed E-state index contributed by atoms with van der Waals surface area (Å²) in [5.74, 6) is 0.435. The van der Waals surface area contributed by atoms with Crippen molar-refractivity contribution < 1.29 is 9.84 Å². The normalized spacial score (nSPS) is 12.0. The average Bonchev–Trinajstić information content (AvgIpc) is 2.47. The van der Waals surface area contributed by atoms with Gasteiger partial charge in [0.05, 0.1) is 0 Å². The fraction of sp³-hybridized carbons (Fsp3) is 0.235. The van der Waals surface area contributed by atoms with Crippen LogP contribution < -0.4 is 10.5 Å². The van der Waals surface area contributed by atoms with Gasteiger partial charge in [-0.15, -0.1) is 0 Å². The Morgan fingerprint density at radius 3 is 2.73 bits per heavy atom. The molecule has 116 valence electrons. The Kier molecular flexibility index (Phi) is 5.06. The Labute approximate surface area is 135 Å². The monoisotopic (exact) mass is 318 g/mol. The Hall–Kier alpha value is -2.04. The smallest absolute Gasteiger partial charge is 0.137 e. The molecule has 5 heteroatoms. The van der Waals surface area contributed by atoms with Crippen LogP contribution in [0.25, 0.3) is 0 Å². The highest BCUT2D eigenvalue weighted by molar-refractivity contribution is 6.31. The van der Waals surface area contributed by atoms with Crippen molar-refractivity contribution in [2.45, 2.75) is 26.6 Å². The van der Waals surface area contributed by atoms with Gasteiger partial charge in [-0.05, 0) is 42.7 Å². The molecule has 0 fully saturated rings. The molecule has 4 nitrogen and oxygen atoms in total. The number of ether oxygens (including phenoxy) is 1. The topological polar surface area (TPSA) is 79.3 Å². The van der Waals surface area contributed by atoms with E-state index in [4.69, 9.17) is 27.5 Å². The highest BCUT2D eigenvalue weighted by atomic mass is 35.5. The molecule has 0 bridgehead atoms. The minimum atomic E-state index is -1.23. The summed E-state index contributed by atoms with van der Waals surface area (Å²) < 4.78 is 5.85. The third-order valence-electron chi connectivity index (χ3n) is 3.44. The van der Waals surface area contributed by atoms with Crippen molar-refractivity contribution in [3.63, 3.8) is 0 Å². The second-order valence-electron chi connectivity index (χ2n) is 5.23. The van der Waals surface area contributed by atoms with E-state index < -0.39 is 6.10 Å². The van der Waals surface area contributed by atoms with Gasteiger partial charge in [0.2, 0.25) is 0 Å². The van der Waals surface area contributed by atoms with Gasteiger partial charge in [-0.25, -0.2) is 0 Å². The highest BCUT2D eigenvalue weighted by Crippen LogP contribution is 2.28. The molecule has 0 radical (unpaired) electrons. The molecule has 0 aliphatic carbocycles. The maximum Gasteiger partial charge on any atom is 0.137 e. The molecule has 0 saturated heterocycles. The van der Waals surface area contributed by atoms with Crippen LogP contribution in [0.3, 0.4) is 0 Å². The summed E-state index contributed by atoms with van der Waals surface area (Å²) in [6.45, 7) is 4.21. The zero-order valence-corrected chi connectivity index (χ0v) is 13.3. The van der Waals surface area contributed by atoms with Crippen LogP contribution in [-0.2, 0) is 6.61 Å². The summed E-state index contributed by atoms with van der Waals surface area (Å²) in [7, 11) is 0. The summed E-state index contributed by atoms with van der Waals surface area (Å²) >= 11 is 6.14. The van der Waals surface area contributed by atoms with Crippen molar-refractivity contribution in [3.8, 4) is 5.75 Å². The van der Waals surface area contributed by atoms with Crippen LogP contribution in [0, 0.1) is 19.3 Å². The first-order chi connectivity index (χ1) is 10.4. The number of amidine groups is 1. The minimum absolute atomic E-state index is 0.241. The molecule has 1 unspecified atom stereocenters. The van der Waals surface area contributed by atoms with Gasteiger partial charge in [-0.2, -0.15) is 0 Å². The van der Waals surface area contributed by atoms with Crippen LogP contribution in [0.4, 0.5) is 0 Å². The van der Waals surface area contributed by atoms with Gasteiger partial charge < -0.3 is 15.6 Å². The van der Waals surface area contributed by atoms with E-state index in [1.165, 1.54) is 0 Å². The zero-order valence-electron chi connectivity index (χ0n) is 12.6. The number of benzene rings is 2. The molecule has 0 aliphatic heterocycles. The van der Waals surface area contributed by atoms with E-state index in [9.17, 15) is 5.11 Å². The predicted molar refractivity (Wildman–Crippen MR) is 88.6 cm³/mol. The molecule has 22 heavy (non-hydrogen) atoms. The number of hydrogen-bond donors (Lipinski definition) is 3. The lowest BCUT2D eigenvalue weighted by molar-refractivity contribution is 0.238. The number of aryl methyl sites for hydroxylation is 2. The molecule has 2 rings (SSSR count). The van der Waals surface area contributed by atoms with Gasteiger partial charge in [-0.1, -0.05) is 35.9 Å². The van der Waals surface area contributed by atoms with Crippen LogP contribution in [0.5, 0.6) is 5.75 Å². The van der Waals surface area contributed by atoms with Crippen LogP contribution in [-0.4, -0.2) is 10.9 Å². The lowest BCUT2D eigenvalue weighted by atomic mass is 10.0. The third kappa shape index (κ3) is 3.59. The van der Waals surface area contributed by atoms with Gasteiger partial charge in [0.1, 0.15) is 24.3 Å². The molecule has 2 aromatic carbocycles. The Bertz CT molecular complexity index is 701. The molecule has 0 spiro atoms. The number of nitrogens with one attached hydrogen (secondary N) is 1. The molecule has 1 atom stereocenters. The molecule has 0 heterocycles. The lowest BCUT2D eigenvalue weighted by Crippen LogP contribution is -2.22. The number of hydrogen-bond acceptors (Lipinski definition) is 3. The molecule has 0 aliphatic rings. The van der Waals surface area contributed by atoms with Crippen LogP contribution in [0.1, 0.15) is 28.4 Å². The van der Waals surface area contributed by atoms with E-state index in [0.29, 0.717) is 16.1 Å². The van der Waals surface area contributed by atoms with Crippen LogP contribution in [0.2, 0.25) is 5.02 Å². The van der Waals surface area contributed by atoms with Gasteiger partial charge >= 0.3 is 0 Å². The first kappa shape index (κ1) is 16.3. The van der Waals surface area contributed by atoms with E-state index >= 15 is 0 Å². The maximum atomic E-state index is 10.1. The SMILES string of the molecule is Cc1ccc(C)c(OCc2cccc(Cl)c2C(O)C(=N)N)c1. The first-order valence-corrected chi connectivity index (χ1v) is 7.27. The lowest BCUT2D eigenvalue weighted by Gasteiger charge is -2.17. The zero-order chi connectivity index (χ0) is 16.3. The summed E-state index contributed by atoms with van der Waals surface area (Å²) in [6, 6.07) is 11.2. The van der Waals surface area contributed by atoms with Crippen LogP contribution in [0.15, 0.2) is 36.4 Å². The summed E-state index contributed by atoms with van der Waals surface area (Å²) in [5, 5.41) is 17.8. The third-order valence-corrected chi connectivity index (χ3v) is 3.77. The van der Waals surface area contributed by atoms with E-state index in [0.717, 1.165) is 16.9 Å². The summed E-state index contributed by atoms with van der Waals surface area (Å²) in [5.41, 5.74) is 8.65.